The zero-order valence-corrected chi connectivity index (χ0v) is 15.8. The number of hydrogen-bond acceptors (Lipinski definition) is 6. The van der Waals surface area contributed by atoms with Gasteiger partial charge in [0.15, 0.2) is 0 Å². The van der Waals surface area contributed by atoms with Gasteiger partial charge in [-0.3, -0.25) is 9.59 Å². The van der Waals surface area contributed by atoms with Crippen molar-refractivity contribution in [3.8, 4) is 12.1 Å². The minimum Gasteiger partial charge on any atom is -0.356 e. The van der Waals surface area contributed by atoms with Gasteiger partial charge in [-0.15, -0.1) is 0 Å². The molecule has 1 aromatic carbocycles. The van der Waals surface area contributed by atoms with Crippen LogP contribution in [0, 0.1) is 28.6 Å². The van der Waals surface area contributed by atoms with Gasteiger partial charge in [0.05, 0.1) is 16.8 Å². The first kappa shape index (κ1) is 19.8. The Labute approximate surface area is 168 Å². The molecule has 0 aliphatic carbocycles. The van der Waals surface area contributed by atoms with Crippen molar-refractivity contribution in [1.29, 1.82) is 10.5 Å². The third-order valence-electron chi connectivity index (χ3n) is 4.87. The van der Waals surface area contributed by atoms with Gasteiger partial charge < -0.3 is 15.5 Å². The number of aromatic nitrogens is 1. The van der Waals surface area contributed by atoms with Gasteiger partial charge in [0.25, 0.3) is 0 Å². The molecule has 2 heterocycles. The first-order chi connectivity index (χ1) is 14.1. The molecular formula is C21H20N6O2. The summed E-state index contributed by atoms with van der Waals surface area (Å²) in [5.74, 6) is -0.592. The second-order valence-corrected chi connectivity index (χ2v) is 6.74. The van der Waals surface area contributed by atoms with E-state index < -0.39 is 11.8 Å². The number of amides is 2. The molecule has 0 atom stereocenters. The number of nitriles is 2. The quantitative estimate of drug-likeness (QED) is 0.770. The van der Waals surface area contributed by atoms with Crippen LogP contribution in [0.3, 0.4) is 0 Å². The van der Waals surface area contributed by atoms with Crippen molar-refractivity contribution in [1.82, 2.24) is 10.3 Å². The Bertz CT molecular complexity index is 983. The fourth-order valence-electron chi connectivity index (χ4n) is 3.27. The molecule has 1 saturated heterocycles. The average molecular weight is 388 g/mol. The van der Waals surface area contributed by atoms with Crippen molar-refractivity contribution >= 4 is 23.3 Å². The second-order valence-electron chi connectivity index (χ2n) is 6.74. The fraction of sp³-hybridized carbons (Fsp3) is 0.286. The molecule has 0 bridgehead atoms. The summed E-state index contributed by atoms with van der Waals surface area (Å²) < 4.78 is 0. The van der Waals surface area contributed by atoms with E-state index in [1.165, 1.54) is 0 Å². The number of benzene rings is 1. The molecule has 1 fully saturated rings. The molecule has 8 nitrogen and oxygen atoms in total. The SMILES string of the molecule is N#Cc1ccccc1NC(=O)C(=O)NCC1CCN(c2ncccc2C#N)CC1. The van der Waals surface area contributed by atoms with Gasteiger partial charge in [0, 0.05) is 25.8 Å². The van der Waals surface area contributed by atoms with Gasteiger partial charge >= 0.3 is 11.8 Å². The largest absolute Gasteiger partial charge is 0.356 e. The molecule has 1 aliphatic heterocycles. The summed E-state index contributed by atoms with van der Waals surface area (Å²) >= 11 is 0. The molecule has 146 valence electrons. The topological polar surface area (TPSA) is 122 Å². The first-order valence-electron chi connectivity index (χ1n) is 9.30. The van der Waals surface area contributed by atoms with Crippen molar-refractivity contribution in [3.63, 3.8) is 0 Å². The van der Waals surface area contributed by atoms with E-state index in [1.54, 1.807) is 42.6 Å². The maximum absolute atomic E-state index is 12.1. The highest BCUT2D eigenvalue weighted by atomic mass is 16.2. The Hall–Kier alpha value is -3.91. The summed E-state index contributed by atoms with van der Waals surface area (Å²) in [4.78, 5) is 30.6. The number of carbonyl (C=O) groups excluding carboxylic acids is 2. The molecule has 0 spiro atoms. The third-order valence-corrected chi connectivity index (χ3v) is 4.87. The van der Waals surface area contributed by atoms with E-state index in [4.69, 9.17) is 5.26 Å². The van der Waals surface area contributed by atoms with E-state index in [0.717, 1.165) is 25.9 Å². The van der Waals surface area contributed by atoms with E-state index >= 15 is 0 Å². The zero-order chi connectivity index (χ0) is 20.6. The summed E-state index contributed by atoms with van der Waals surface area (Å²) in [7, 11) is 0. The molecule has 2 N–H and O–H groups in total. The maximum atomic E-state index is 12.1. The molecule has 2 aromatic rings. The summed E-state index contributed by atoms with van der Waals surface area (Å²) in [5, 5.41) is 23.4. The Kier molecular flexibility index (Phi) is 6.39. The van der Waals surface area contributed by atoms with E-state index in [1.807, 2.05) is 6.07 Å². The number of nitrogens with one attached hydrogen (secondary N) is 2. The van der Waals surface area contributed by atoms with E-state index in [9.17, 15) is 14.9 Å². The molecule has 1 aliphatic rings. The van der Waals surface area contributed by atoms with Crippen molar-refractivity contribution in [2.75, 3.05) is 29.9 Å². The van der Waals surface area contributed by atoms with Crippen LogP contribution in [0.5, 0.6) is 0 Å². The Morgan fingerprint density at radius 1 is 1.03 bits per heavy atom. The number of pyridine rings is 1. The fourth-order valence-corrected chi connectivity index (χ4v) is 3.27. The number of hydrogen-bond donors (Lipinski definition) is 2. The van der Waals surface area contributed by atoms with Gasteiger partial charge in [-0.1, -0.05) is 12.1 Å². The highest BCUT2D eigenvalue weighted by Crippen LogP contribution is 2.23. The van der Waals surface area contributed by atoms with Crippen molar-refractivity contribution in [2.24, 2.45) is 5.92 Å². The van der Waals surface area contributed by atoms with Crippen molar-refractivity contribution < 1.29 is 9.59 Å². The van der Waals surface area contributed by atoms with Gasteiger partial charge in [0.2, 0.25) is 0 Å². The lowest BCUT2D eigenvalue weighted by Gasteiger charge is -2.33. The Morgan fingerprint density at radius 2 is 1.72 bits per heavy atom. The van der Waals surface area contributed by atoms with Gasteiger partial charge in [-0.2, -0.15) is 10.5 Å². The highest BCUT2D eigenvalue weighted by molar-refractivity contribution is 6.39. The normalized spacial score (nSPS) is 13.8. The predicted molar refractivity (Wildman–Crippen MR) is 107 cm³/mol. The van der Waals surface area contributed by atoms with Crippen LogP contribution in [-0.2, 0) is 9.59 Å². The van der Waals surface area contributed by atoms with Gasteiger partial charge in [-0.25, -0.2) is 4.98 Å². The minimum atomic E-state index is -0.794. The van der Waals surface area contributed by atoms with Crippen LogP contribution in [0.25, 0.3) is 0 Å². The molecule has 3 rings (SSSR count). The monoisotopic (exact) mass is 388 g/mol. The summed E-state index contributed by atoms with van der Waals surface area (Å²) in [6.07, 6.45) is 3.31. The van der Waals surface area contributed by atoms with Crippen molar-refractivity contribution in [3.05, 3.63) is 53.7 Å². The summed E-state index contributed by atoms with van der Waals surface area (Å²) in [5.41, 5.74) is 1.16. The lowest BCUT2D eigenvalue weighted by atomic mass is 9.96. The standard InChI is InChI=1S/C21H20N6O2/c22-12-16-4-1-2-6-18(16)26-21(29)20(28)25-14-15-7-10-27(11-8-15)19-17(13-23)5-3-9-24-19/h1-6,9,15H,7-8,10-11,14H2,(H,25,28)(H,26,29). The smallest absolute Gasteiger partial charge is 0.313 e. The van der Waals surface area contributed by atoms with Gasteiger partial charge in [0.1, 0.15) is 18.0 Å². The highest BCUT2D eigenvalue weighted by Gasteiger charge is 2.23. The summed E-state index contributed by atoms with van der Waals surface area (Å²) in [6, 6.07) is 14.1. The average Bonchev–Trinajstić information content (AvgIpc) is 2.78. The molecule has 0 saturated carbocycles. The van der Waals surface area contributed by atoms with Crippen LogP contribution in [0.15, 0.2) is 42.6 Å². The van der Waals surface area contributed by atoms with E-state index in [0.29, 0.717) is 29.2 Å². The first-order valence-corrected chi connectivity index (χ1v) is 9.30. The molecule has 2 amide bonds. The second kappa shape index (κ2) is 9.34. The molecule has 0 unspecified atom stereocenters. The maximum Gasteiger partial charge on any atom is 0.313 e. The third kappa shape index (κ3) is 4.88. The molecule has 1 aromatic heterocycles. The Balaban J connectivity index is 1.48. The molecular weight excluding hydrogens is 368 g/mol. The number of anilines is 2. The van der Waals surface area contributed by atoms with E-state index in [2.05, 4.69) is 26.6 Å². The van der Waals surface area contributed by atoms with E-state index in [-0.39, 0.29) is 5.92 Å². The zero-order valence-electron chi connectivity index (χ0n) is 15.8. The molecule has 29 heavy (non-hydrogen) atoms. The Morgan fingerprint density at radius 3 is 2.45 bits per heavy atom. The number of para-hydroxylation sites is 1. The summed E-state index contributed by atoms with van der Waals surface area (Å²) in [6.45, 7) is 1.86. The van der Waals surface area contributed by atoms with Crippen LogP contribution >= 0.6 is 0 Å². The number of rotatable bonds is 4. The lowest BCUT2D eigenvalue weighted by Crippen LogP contribution is -2.42. The molecule has 0 radical (unpaired) electrons. The van der Waals surface area contributed by atoms with Crippen LogP contribution in [-0.4, -0.2) is 36.4 Å². The lowest BCUT2D eigenvalue weighted by molar-refractivity contribution is -0.136. The van der Waals surface area contributed by atoms with Crippen LogP contribution in [0.2, 0.25) is 0 Å². The van der Waals surface area contributed by atoms with Gasteiger partial charge in [-0.05, 0) is 43.0 Å². The number of nitrogens with zero attached hydrogens (tertiary/aromatic N) is 4. The molecule has 8 heteroatoms. The van der Waals surface area contributed by atoms with Crippen LogP contribution in [0.1, 0.15) is 24.0 Å². The minimum absolute atomic E-state index is 0.239. The van der Waals surface area contributed by atoms with Crippen LogP contribution < -0.4 is 15.5 Å². The van der Waals surface area contributed by atoms with Crippen molar-refractivity contribution in [2.45, 2.75) is 12.8 Å². The number of piperidine rings is 1. The predicted octanol–water partition coefficient (Wildman–Crippen LogP) is 1.80. The number of carbonyl (C=O) groups is 2. The van der Waals surface area contributed by atoms with Crippen LogP contribution in [0.4, 0.5) is 11.5 Å².